The Kier molecular flexibility index (Phi) is 17.0. The molecule has 0 spiro atoms. The van der Waals surface area contributed by atoms with Gasteiger partial charge in [-0.05, 0) is 97.6 Å². The molecule has 0 heterocycles. The maximum atomic E-state index is 3.94. The summed E-state index contributed by atoms with van der Waals surface area (Å²) in [6, 6.07) is 0. The van der Waals surface area contributed by atoms with Crippen molar-refractivity contribution in [1.82, 2.24) is 0 Å². The van der Waals surface area contributed by atoms with Gasteiger partial charge in [0, 0.05) is 0 Å². The first-order valence-electron chi connectivity index (χ1n) is 11.7. The van der Waals surface area contributed by atoms with Crippen LogP contribution in [0.3, 0.4) is 0 Å². The molecular weight excluding hydrogens is 372 g/mol. The van der Waals surface area contributed by atoms with Crippen LogP contribution in [-0.2, 0) is 0 Å². The Morgan fingerprint density at radius 2 is 1.23 bits per heavy atom. The van der Waals surface area contributed by atoms with E-state index in [2.05, 4.69) is 90.3 Å². The van der Waals surface area contributed by atoms with E-state index in [4.69, 9.17) is 0 Å². The minimum Gasteiger partial charge on any atom is -0.0984 e. The second-order valence-electron chi connectivity index (χ2n) is 8.52. The highest BCUT2D eigenvalue weighted by atomic mass is 14.0. The van der Waals surface area contributed by atoms with Crippen molar-refractivity contribution >= 4 is 0 Å². The van der Waals surface area contributed by atoms with Crippen LogP contribution in [0.25, 0.3) is 0 Å². The lowest BCUT2D eigenvalue weighted by Crippen LogP contribution is -1.83. The van der Waals surface area contributed by atoms with Crippen molar-refractivity contribution in [2.24, 2.45) is 0 Å². The van der Waals surface area contributed by atoms with E-state index in [1.165, 1.54) is 35.1 Å². The Hall–Kier alpha value is -2.34. The van der Waals surface area contributed by atoms with Gasteiger partial charge in [-0.25, -0.2) is 0 Å². The normalized spacial score (nSPS) is 14.2. The second-order valence-corrected chi connectivity index (χ2v) is 8.52. The zero-order chi connectivity index (χ0) is 23.5. The molecule has 170 valence electrons. The number of hydrogen-bond acceptors (Lipinski definition) is 0. The van der Waals surface area contributed by atoms with Gasteiger partial charge in [0.2, 0.25) is 0 Å². The summed E-state index contributed by atoms with van der Waals surface area (Å²) in [6.07, 6.45) is 29.6. The zero-order valence-corrected chi connectivity index (χ0v) is 21.1. The maximum Gasteiger partial charge on any atom is -0.0138 e. The molecule has 31 heavy (non-hydrogen) atoms. The third-order valence-corrected chi connectivity index (χ3v) is 5.08. The fourth-order valence-electron chi connectivity index (χ4n) is 3.20. The largest absolute Gasteiger partial charge is 0.0984 e. The topological polar surface area (TPSA) is 0 Å². The predicted octanol–water partition coefficient (Wildman–Crippen LogP) is 10.3. The summed E-state index contributed by atoms with van der Waals surface area (Å²) in [7, 11) is 0. The quantitative estimate of drug-likeness (QED) is 0.141. The lowest BCUT2D eigenvalue weighted by molar-refractivity contribution is 0.907. The van der Waals surface area contributed by atoms with E-state index in [1.54, 1.807) is 0 Å². The van der Waals surface area contributed by atoms with Crippen LogP contribution >= 0.6 is 0 Å². The molecule has 0 nitrogen and oxygen atoms in total. The van der Waals surface area contributed by atoms with E-state index in [-0.39, 0.29) is 0 Å². The average molecular weight is 419 g/mol. The highest BCUT2D eigenvalue weighted by Crippen LogP contribution is 2.15. The highest BCUT2D eigenvalue weighted by Gasteiger charge is 1.96. The highest BCUT2D eigenvalue weighted by molar-refractivity contribution is 5.46. The van der Waals surface area contributed by atoms with Crippen molar-refractivity contribution in [3.05, 3.63) is 107 Å². The fourth-order valence-corrected chi connectivity index (χ4v) is 3.20. The van der Waals surface area contributed by atoms with Crippen LogP contribution in [0.15, 0.2) is 107 Å². The molecule has 0 aromatic rings. The first-order valence-corrected chi connectivity index (χ1v) is 11.7. The van der Waals surface area contributed by atoms with Gasteiger partial charge in [0.05, 0.1) is 0 Å². The lowest BCUT2D eigenvalue weighted by Gasteiger charge is -2.03. The summed E-state index contributed by atoms with van der Waals surface area (Å²) in [6.45, 7) is 20.9. The van der Waals surface area contributed by atoms with E-state index >= 15 is 0 Å². The van der Waals surface area contributed by atoms with Crippen LogP contribution in [0.1, 0.15) is 86.5 Å². The molecule has 0 saturated heterocycles. The first kappa shape index (κ1) is 28.7. The van der Waals surface area contributed by atoms with E-state index in [0.717, 1.165) is 43.3 Å². The molecule has 0 aromatic heterocycles. The molecule has 0 heteroatoms. The predicted molar refractivity (Wildman–Crippen MR) is 144 cm³/mol. The minimum atomic E-state index is 0.969. The van der Waals surface area contributed by atoms with Crippen molar-refractivity contribution in [2.45, 2.75) is 86.5 Å². The molecule has 0 aromatic carbocycles. The van der Waals surface area contributed by atoms with Crippen LogP contribution in [0.2, 0.25) is 0 Å². The first-order chi connectivity index (χ1) is 14.8. The van der Waals surface area contributed by atoms with Crippen LogP contribution in [-0.4, -0.2) is 0 Å². The van der Waals surface area contributed by atoms with E-state index in [1.807, 2.05) is 25.2 Å². The third-order valence-electron chi connectivity index (χ3n) is 5.08. The standard InChI is InChI=1S/C31H46/c1-9-18-30(10-2)31(11-3)25-29(8)21-15-13-12-14-20-27(6)23-17-24-28(7)22-16-19-26(4)5/h9-11,13,15,18-20,24-25H,2-3,12,14,16-17,21-23H2,1,4-8H3/b15-13+,18-9+,27-20+,28-24+,29-25+,31-30-. The average Bonchev–Trinajstić information content (AvgIpc) is 2.72. The van der Waals surface area contributed by atoms with Gasteiger partial charge < -0.3 is 0 Å². The SMILES string of the molecule is C=CC(/C=C/C)=C(C=C)/C=C(\C)C/C=C/CC/C=C(\C)CC/C=C(\C)CCC=C(C)C. The van der Waals surface area contributed by atoms with Crippen molar-refractivity contribution in [3.8, 4) is 0 Å². The summed E-state index contributed by atoms with van der Waals surface area (Å²) in [5.74, 6) is 0. The Morgan fingerprint density at radius 3 is 1.77 bits per heavy atom. The van der Waals surface area contributed by atoms with Crippen LogP contribution in [0.5, 0.6) is 0 Å². The Labute approximate surface area is 193 Å². The Bertz CT molecular complexity index is 750. The molecule has 0 unspecified atom stereocenters. The van der Waals surface area contributed by atoms with Crippen molar-refractivity contribution in [3.63, 3.8) is 0 Å². The van der Waals surface area contributed by atoms with Crippen LogP contribution in [0.4, 0.5) is 0 Å². The maximum absolute atomic E-state index is 3.94. The zero-order valence-electron chi connectivity index (χ0n) is 21.1. The molecule has 0 rings (SSSR count). The molecular formula is C31H46. The molecule has 0 aliphatic carbocycles. The number of unbranched alkanes of at least 4 members (excludes halogenated alkanes) is 1. The fraction of sp³-hybridized carbons (Fsp3) is 0.419. The number of hydrogen-bond donors (Lipinski definition) is 0. The smallest absolute Gasteiger partial charge is 0.0138 e. The summed E-state index contributed by atoms with van der Waals surface area (Å²) < 4.78 is 0. The van der Waals surface area contributed by atoms with E-state index < -0.39 is 0 Å². The lowest BCUT2D eigenvalue weighted by atomic mass is 10.0. The molecule has 0 radical (unpaired) electrons. The Balaban J connectivity index is 4.38. The summed E-state index contributed by atoms with van der Waals surface area (Å²) in [5.41, 5.74) is 7.99. The van der Waals surface area contributed by atoms with Crippen LogP contribution < -0.4 is 0 Å². The van der Waals surface area contributed by atoms with Gasteiger partial charge in [-0.15, -0.1) is 0 Å². The minimum absolute atomic E-state index is 0.969. The van der Waals surface area contributed by atoms with Gasteiger partial charge in [0.15, 0.2) is 0 Å². The number of allylic oxidation sites excluding steroid dienone is 16. The molecule has 0 aliphatic rings. The van der Waals surface area contributed by atoms with Gasteiger partial charge in [0.1, 0.15) is 0 Å². The summed E-state index contributed by atoms with van der Waals surface area (Å²) in [4.78, 5) is 0. The van der Waals surface area contributed by atoms with Gasteiger partial charge >= 0.3 is 0 Å². The van der Waals surface area contributed by atoms with Crippen molar-refractivity contribution in [1.29, 1.82) is 0 Å². The summed E-state index contributed by atoms with van der Waals surface area (Å²) >= 11 is 0. The van der Waals surface area contributed by atoms with Crippen molar-refractivity contribution < 1.29 is 0 Å². The third kappa shape index (κ3) is 16.1. The monoisotopic (exact) mass is 418 g/mol. The van der Waals surface area contributed by atoms with Gasteiger partial charge in [-0.1, -0.05) is 96.2 Å². The Morgan fingerprint density at radius 1 is 0.645 bits per heavy atom. The van der Waals surface area contributed by atoms with E-state index in [0.29, 0.717) is 0 Å². The second kappa shape index (κ2) is 18.4. The number of rotatable bonds is 15. The van der Waals surface area contributed by atoms with Gasteiger partial charge in [-0.3, -0.25) is 0 Å². The molecule has 0 N–H and O–H groups in total. The van der Waals surface area contributed by atoms with E-state index in [9.17, 15) is 0 Å². The summed E-state index contributed by atoms with van der Waals surface area (Å²) in [5, 5.41) is 0. The van der Waals surface area contributed by atoms with Crippen molar-refractivity contribution in [2.75, 3.05) is 0 Å². The molecule has 0 saturated carbocycles. The molecule has 0 aliphatic heterocycles. The molecule has 0 fully saturated rings. The molecule has 0 bridgehead atoms. The van der Waals surface area contributed by atoms with Crippen LogP contribution in [0, 0.1) is 0 Å². The molecule has 0 amide bonds. The van der Waals surface area contributed by atoms with Gasteiger partial charge in [0.25, 0.3) is 0 Å². The molecule has 0 atom stereocenters. The van der Waals surface area contributed by atoms with Gasteiger partial charge in [-0.2, -0.15) is 0 Å².